The molecule has 1 saturated heterocycles. The van der Waals surface area contributed by atoms with E-state index in [1.807, 2.05) is 0 Å². The number of carbonyl (C=O) groups is 2. The van der Waals surface area contributed by atoms with Crippen molar-refractivity contribution in [3.05, 3.63) is 0 Å². The van der Waals surface area contributed by atoms with Gasteiger partial charge >= 0.3 is 5.97 Å². The molecule has 0 aromatic rings. The normalized spacial score (nSPS) is 25.1. The number of hydrogen-bond acceptors (Lipinski definition) is 4. The van der Waals surface area contributed by atoms with Crippen molar-refractivity contribution in [2.45, 2.75) is 18.6 Å². The Morgan fingerprint density at radius 2 is 2.12 bits per heavy atom. The smallest absolute Gasteiger partial charge is 0.326 e. The summed E-state index contributed by atoms with van der Waals surface area (Å²) in [6, 6.07) is -0.752. The third-order valence-electron chi connectivity index (χ3n) is 2.65. The molecule has 0 spiro atoms. The van der Waals surface area contributed by atoms with Crippen LogP contribution in [0.15, 0.2) is 0 Å². The summed E-state index contributed by atoms with van der Waals surface area (Å²) in [5.41, 5.74) is 0. The van der Waals surface area contributed by atoms with Crippen molar-refractivity contribution in [3.63, 3.8) is 0 Å². The number of rotatable bonds is 4. The molecular formula is C10H18N2O4. The highest BCUT2D eigenvalue weighted by atomic mass is 16.5. The van der Waals surface area contributed by atoms with Gasteiger partial charge in [-0.25, -0.2) is 4.79 Å². The summed E-state index contributed by atoms with van der Waals surface area (Å²) in [6.45, 7) is 0.584. The number of carbonyl (C=O) groups excluding carboxylic acids is 1. The van der Waals surface area contributed by atoms with E-state index in [2.05, 4.69) is 0 Å². The molecule has 0 aromatic heterocycles. The molecule has 1 aliphatic rings. The van der Waals surface area contributed by atoms with Crippen LogP contribution in [0.4, 0.5) is 0 Å². The van der Waals surface area contributed by atoms with E-state index < -0.39 is 12.0 Å². The standard InChI is InChI=1S/C10H18N2O4/c1-11(2)6-9(13)12-5-7(16-3)4-8(12)10(14)15/h7-8H,4-6H2,1-3H3,(H,14,15). The number of likely N-dealkylation sites (N-methyl/N-ethyl adjacent to an activating group) is 1. The molecule has 0 radical (unpaired) electrons. The molecule has 1 fully saturated rings. The van der Waals surface area contributed by atoms with E-state index in [0.29, 0.717) is 13.0 Å². The van der Waals surface area contributed by atoms with E-state index in [1.54, 1.807) is 19.0 Å². The highest BCUT2D eigenvalue weighted by Gasteiger charge is 2.39. The third kappa shape index (κ3) is 2.93. The number of likely N-dealkylation sites (tertiary alicyclic amines) is 1. The highest BCUT2D eigenvalue weighted by molar-refractivity contribution is 5.85. The second-order valence-electron chi connectivity index (χ2n) is 4.23. The summed E-state index contributed by atoms with van der Waals surface area (Å²) in [6.07, 6.45) is 0.192. The zero-order chi connectivity index (χ0) is 12.3. The van der Waals surface area contributed by atoms with Gasteiger partial charge in [-0.2, -0.15) is 0 Å². The largest absolute Gasteiger partial charge is 0.480 e. The molecule has 92 valence electrons. The second kappa shape index (κ2) is 5.27. The minimum absolute atomic E-state index is 0.169. The summed E-state index contributed by atoms with van der Waals surface area (Å²) in [4.78, 5) is 25.9. The lowest BCUT2D eigenvalue weighted by molar-refractivity contribution is -0.148. The second-order valence-corrected chi connectivity index (χ2v) is 4.23. The van der Waals surface area contributed by atoms with Gasteiger partial charge in [0, 0.05) is 20.1 Å². The Labute approximate surface area is 94.8 Å². The third-order valence-corrected chi connectivity index (χ3v) is 2.65. The van der Waals surface area contributed by atoms with Gasteiger partial charge in [-0.05, 0) is 14.1 Å². The molecule has 2 atom stereocenters. The number of aliphatic carboxylic acids is 1. The van der Waals surface area contributed by atoms with Crippen LogP contribution in [0.1, 0.15) is 6.42 Å². The number of amides is 1. The molecule has 0 aliphatic carbocycles. The lowest BCUT2D eigenvalue weighted by Crippen LogP contribution is -2.44. The van der Waals surface area contributed by atoms with Gasteiger partial charge in [-0.1, -0.05) is 0 Å². The molecule has 1 heterocycles. The van der Waals surface area contributed by atoms with E-state index in [4.69, 9.17) is 9.84 Å². The lowest BCUT2D eigenvalue weighted by Gasteiger charge is -2.22. The summed E-state index contributed by atoms with van der Waals surface area (Å²) in [5.74, 6) is -1.14. The van der Waals surface area contributed by atoms with E-state index in [9.17, 15) is 9.59 Å². The van der Waals surface area contributed by atoms with Gasteiger partial charge in [0.2, 0.25) is 5.91 Å². The fourth-order valence-corrected chi connectivity index (χ4v) is 1.84. The first-order valence-electron chi connectivity index (χ1n) is 5.15. The van der Waals surface area contributed by atoms with Crippen LogP contribution >= 0.6 is 0 Å². The highest BCUT2D eigenvalue weighted by Crippen LogP contribution is 2.20. The fraction of sp³-hybridized carbons (Fsp3) is 0.800. The molecule has 1 amide bonds. The maximum Gasteiger partial charge on any atom is 0.326 e. The number of hydrogen-bond donors (Lipinski definition) is 1. The van der Waals surface area contributed by atoms with E-state index in [0.717, 1.165) is 0 Å². The van der Waals surface area contributed by atoms with Gasteiger partial charge in [0.1, 0.15) is 6.04 Å². The van der Waals surface area contributed by atoms with Gasteiger partial charge in [0.25, 0.3) is 0 Å². The van der Waals surface area contributed by atoms with Gasteiger partial charge < -0.3 is 19.6 Å². The zero-order valence-electron chi connectivity index (χ0n) is 9.84. The monoisotopic (exact) mass is 230 g/mol. The number of methoxy groups -OCH3 is 1. The molecule has 16 heavy (non-hydrogen) atoms. The van der Waals surface area contributed by atoms with Gasteiger partial charge in [-0.3, -0.25) is 4.79 Å². The molecule has 1 aliphatic heterocycles. The molecule has 2 unspecified atom stereocenters. The van der Waals surface area contributed by atoms with Crippen molar-refractivity contribution in [1.29, 1.82) is 0 Å². The van der Waals surface area contributed by atoms with Crippen LogP contribution in [0.25, 0.3) is 0 Å². The SMILES string of the molecule is COC1CC(C(=O)O)N(C(=O)CN(C)C)C1. The van der Waals surface area contributed by atoms with Crippen LogP contribution in [0.2, 0.25) is 0 Å². The Kier molecular flexibility index (Phi) is 4.26. The van der Waals surface area contributed by atoms with Gasteiger partial charge in [0.05, 0.1) is 12.6 Å². The topological polar surface area (TPSA) is 70.1 Å². The molecule has 1 N–H and O–H groups in total. The lowest BCUT2D eigenvalue weighted by atomic mass is 10.2. The Hall–Kier alpha value is -1.14. The molecule has 1 rings (SSSR count). The van der Waals surface area contributed by atoms with Crippen LogP contribution < -0.4 is 0 Å². The van der Waals surface area contributed by atoms with Crippen LogP contribution in [0.3, 0.4) is 0 Å². The molecular weight excluding hydrogens is 212 g/mol. The maximum atomic E-state index is 11.8. The zero-order valence-corrected chi connectivity index (χ0v) is 9.84. The average molecular weight is 230 g/mol. The Bertz CT molecular complexity index is 280. The molecule has 6 nitrogen and oxygen atoms in total. The van der Waals surface area contributed by atoms with Crippen molar-refractivity contribution < 1.29 is 19.4 Å². The van der Waals surface area contributed by atoms with E-state index in [1.165, 1.54) is 12.0 Å². The summed E-state index contributed by atoms with van der Waals surface area (Å²) < 4.78 is 5.11. The van der Waals surface area contributed by atoms with Crippen molar-refractivity contribution in [2.24, 2.45) is 0 Å². The molecule has 0 saturated carbocycles. The summed E-state index contributed by atoms with van der Waals surface area (Å²) in [7, 11) is 5.08. The number of nitrogens with zero attached hydrogens (tertiary/aromatic N) is 2. The molecule has 0 aromatic carbocycles. The Morgan fingerprint density at radius 3 is 2.56 bits per heavy atom. The van der Waals surface area contributed by atoms with Crippen molar-refractivity contribution in [1.82, 2.24) is 9.80 Å². The summed E-state index contributed by atoms with van der Waals surface area (Å²) >= 11 is 0. The van der Waals surface area contributed by atoms with E-state index >= 15 is 0 Å². The number of ether oxygens (including phenoxy) is 1. The van der Waals surface area contributed by atoms with Crippen LogP contribution in [0, 0.1) is 0 Å². The number of carboxylic acids is 1. The predicted molar refractivity (Wildman–Crippen MR) is 57.1 cm³/mol. The van der Waals surface area contributed by atoms with Crippen molar-refractivity contribution in [2.75, 3.05) is 34.3 Å². The van der Waals surface area contributed by atoms with Crippen LogP contribution in [-0.2, 0) is 14.3 Å². The van der Waals surface area contributed by atoms with Crippen LogP contribution in [-0.4, -0.2) is 73.2 Å². The number of carboxylic acid groups (broad SMARTS) is 1. The van der Waals surface area contributed by atoms with Crippen molar-refractivity contribution >= 4 is 11.9 Å². The maximum absolute atomic E-state index is 11.8. The first kappa shape index (κ1) is 12.9. The average Bonchev–Trinajstić information content (AvgIpc) is 2.60. The minimum Gasteiger partial charge on any atom is -0.480 e. The van der Waals surface area contributed by atoms with E-state index in [-0.39, 0.29) is 18.6 Å². The predicted octanol–water partition coefficient (Wildman–Crippen LogP) is -0.751. The minimum atomic E-state index is -0.966. The fourth-order valence-electron chi connectivity index (χ4n) is 1.84. The van der Waals surface area contributed by atoms with Gasteiger partial charge in [-0.15, -0.1) is 0 Å². The molecule has 6 heteroatoms. The Morgan fingerprint density at radius 1 is 1.50 bits per heavy atom. The molecule has 0 bridgehead atoms. The first-order valence-corrected chi connectivity index (χ1v) is 5.15. The first-order chi connectivity index (χ1) is 7.45. The quantitative estimate of drug-likeness (QED) is 0.688. The Balaban J connectivity index is 2.69. The van der Waals surface area contributed by atoms with Crippen molar-refractivity contribution in [3.8, 4) is 0 Å². The van der Waals surface area contributed by atoms with Gasteiger partial charge in [0.15, 0.2) is 0 Å². The summed E-state index contributed by atoms with van der Waals surface area (Å²) in [5, 5.41) is 9.02. The van der Waals surface area contributed by atoms with Crippen LogP contribution in [0.5, 0.6) is 0 Å².